The van der Waals surface area contributed by atoms with E-state index in [1.54, 1.807) is 0 Å². The van der Waals surface area contributed by atoms with Crippen LogP contribution in [0.5, 0.6) is 0 Å². The van der Waals surface area contributed by atoms with Gasteiger partial charge in [-0.25, -0.2) is 4.79 Å². The predicted molar refractivity (Wildman–Crippen MR) is 91.4 cm³/mol. The van der Waals surface area contributed by atoms with E-state index >= 15 is 0 Å². The van der Waals surface area contributed by atoms with Crippen LogP contribution >= 0.6 is 0 Å². The fraction of sp³-hybridized carbons (Fsp3) is 0.412. The molecule has 5 heteroatoms. The lowest BCUT2D eigenvalue weighted by atomic mass is 10.1. The normalized spacial score (nSPS) is 12.9. The number of carbonyl (C=O) groups is 2. The molecule has 0 saturated heterocycles. The Balaban J connectivity index is 2.65. The summed E-state index contributed by atoms with van der Waals surface area (Å²) in [4.78, 5) is 23.8. The molecule has 0 heterocycles. The maximum absolute atomic E-state index is 12.0. The Kier molecular flexibility index (Phi) is 7.05. The molecule has 1 rings (SSSR count). The van der Waals surface area contributed by atoms with Gasteiger partial charge in [-0.1, -0.05) is 56.0 Å². The fourth-order valence-electron chi connectivity index (χ4n) is 1.92. The van der Waals surface area contributed by atoms with Crippen LogP contribution in [0.2, 0.25) is 25.7 Å². The van der Waals surface area contributed by atoms with Gasteiger partial charge in [0.2, 0.25) is 5.91 Å². The molecule has 4 nitrogen and oxygen atoms in total. The number of nitrogens with one attached hydrogen (secondary N) is 1. The van der Waals surface area contributed by atoms with E-state index in [2.05, 4.69) is 25.0 Å². The van der Waals surface area contributed by atoms with E-state index in [1.165, 1.54) is 13.2 Å². The van der Waals surface area contributed by atoms with Crippen LogP contribution in [0.4, 0.5) is 0 Å². The largest absolute Gasteiger partial charge is 0.467 e. The summed E-state index contributed by atoms with van der Waals surface area (Å²) in [7, 11) is 0.115. The summed E-state index contributed by atoms with van der Waals surface area (Å²) < 4.78 is 4.77. The minimum atomic E-state index is -1.21. The fourth-order valence-corrected chi connectivity index (χ4v) is 2.75. The second-order valence-corrected chi connectivity index (χ2v) is 12.0. The molecule has 0 saturated carbocycles. The van der Waals surface area contributed by atoms with Gasteiger partial charge in [0.15, 0.2) is 0 Å². The number of benzene rings is 1. The highest BCUT2D eigenvalue weighted by molar-refractivity contribution is 6.76. The van der Waals surface area contributed by atoms with Crippen molar-refractivity contribution >= 4 is 20.0 Å². The van der Waals surface area contributed by atoms with Crippen molar-refractivity contribution in [3.05, 3.63) is 48.0 Å². The number of hydrogen-bond donors (Lipinski definition) is 1. The van der Waals surface area contributed by atoms with Crippen LogP contribution in [0.15, 0.2) is 42.5 Å². The first-order chi connectivity index (χ1) is 10.3. The van der Waals surface area contributed by atoms with Crippen molar-refractivity contribution < 1.29 is 14.3 Å². The van der Waals surface area contributed by atoms with E-state index < -0.39 is 20.1 Å². The van der Waals surface area contributed by atoms with Crippen LogP contribution in [0.1, 0.15) is 5.56 Å². The Bertz CT molecular complexity index is 520. The molecule has 0 fully saturated rings. The number of amides is 1. The van der Waals surface area contributed by atoms with Crippen molar-refractivity contribution in [2.45, 2.75) is 38.1 Å². The molecule has 1 unspecified atom stereocenters. The zero-order valence-corrected chi connectivity index (χ0v) is 14.8. The van der Waals surface area contributed by atoms with E-state index in [1.807, 2.05) is 36.4 Å². The quantitative estimate of drug-likeness (QED) is 0.478. The molecule has 0 bridgehead atoms. The van der Waals surface area contributed by atoms with Gasteiger partial charge < -0.3 is 10.1 Å². The number of esters is 1. The van der Waals surface area contributed by atoms with Crippen LogP contribution in [-0.2, 0) is 20.7 Å². The lowest BCUT2D eigenvalue weighted by Gasteiger charge is -2.16. The predicted octanol–water partition coefficient (Wildman–Crippen LogP) is 2.78. The summed E-state index contributed by atoms with van der Waals surface area (Å²) in [5.41, 5.74) is 0.976. The zero-order chi connectivity index (χ0) is 16.6. The summed E-state index contributed by atoms with van der Waals surface area (Å²) in [6.07, 6.45) is 3.82. The van der Waals surface area contributed by atoms with Gasteiger partial charge in [-0.3, -0.25) is 4.79 Å². The minimum absolute atomic E-state index is 0.260. The molecular formula is C17H25NO3Si. The highest BCUT2D eigenvalue weighted by atomic mass is 28.3. The van der Waals surface area contributed by atoms with Gasteiger partial charge in [0, 0.05) is 14.5 Å². The van der Waals surface area contributed by atoms with E-state index in [-0.39, 0.29) is 5.91 Å². The first-order valence-electron chi connectivity index (χ1n) is 7.40. The van der Waals surface area contributed by atoms with Crippen LogP contribution in [-0.4, -0.2) is 33.1 Å². The Morgan fingerprint density at radius 1 is 1.23 bits per heavy atom. The van der Waals surface area contributed by atoms with Crippen molar-refractivity contribution in [2.75, 3.05) is 7.11 Å². The topological polar surface area (TPSA) is 55.4 Å². The molecule has 120 valence electrons. The summed E-state index contributed by atoms with van der Waals surface area (Å²) in [5, 5.41) is 2.72. The van der Waals surface area contributed by atoms with Crippen molar-refractivity contribution in [3.63, 3.8) is 0 Å². The van der Waals surface area contributed by atoms with Gasteiger partial charge in [0.25, 0.3) is 0 Å². The maximum Gasteiger partial charge on any atom is 0.328 e. The van der Waals surface area contributed by atoms with E-state index in [4.69, 9.17) is 4.74 Å². The molecule has 1 amide bonds. The Labute approximate surface area is 133 Å². The third-order valence-electron chi connectivity index (χ3n) is 3.08. The molecule has 1 aromatic carbocycles. The highest BCUT2D eigenvalue weighted by Crippen LogP contribution is 2.08. The number of allylic oxidation sites excluding steroid dienone is 1. The van der Waals surface area contributed by atoms with Crippen LogP contribution in [0.3, 0.4) is 0 Å². The van der Waals surface area contributed by atoms with Gasteiger partial charge >= 0.3 is 5.97 Å². The summed E-state index contributed by atoms with van der Waals surface area (Å²) in [5.74, 6) is -0.694. The number of ether oxygens (including phenoxy) is 1. The van der Waals surface area contributed by atoms with Crippen molar-refractivity contribution in [1.82, 2.24) is 5.32 Å². The average molecular weight is 319 g/mol. The van der Waals surface area contributed by atoms with E-state index in [9.17, 15) is 9.59 Å². The van der Waals surface area contributed by atoms with Crippen LogP contribution < -0.4 is 5.32 Å². The second-order valence-electron chi connectivity index (χ2n) is 6.44. The van der Waals surface area contributed by atoms with E-state index in [0.717, 1.165) is 11.6 Å². The molecule has 1 N–H and O–H groups in total. The van der Waals surface area contributed by atoms with Crippen molar-refractivity contribution in [1.29, 1.82) is 0 Å². The monoisotopic (exact) mass is 319 g/mol. The van der Waals surface area contributed by atoms with Gasteiger partial charge in [-0.2, -0.15) is 0 Å². The van der Waals surface area contributed by atoms with Crippen molar-refractivity contribution in [2.24, 2.45) is 0 Å². The second kappa shape index (κ2) is 8.53. The van der Waals surface area contributed by atoms with Crippen LogP contribution in [0.25, 0.3) is 0 Å². The molecule has 0 radical (unpaired) electrons. The molecule has 0 aliphatic heterocycles. The first-order valence-corrected chi connectivity index (χ1v) is 11.1. The zero-order valence-electron chi connectivity index (χ0n) is 13.8. The first kappa shape index (κ1) is 18.2. The standard InChI is InChI=1S/C17H25NO3Si/c1-21-17(20)15(13-14-9-6-5-7-10-14)18-16(19)11-8-12-22(2,3)4/h5-11,15H,12-13H2,1-4H3,(H,18,19). The third-order valence-corrected chi connectivity index (χ3v) is 4.54. The number of rotatable bonds is 7. The third kappa shape index (κ3) is 7.22. The molecule has 0 spiro atoms. The van der Waals surface area contributed by atoms with Crippen molar-refractivity contribution in [3.8, 4) is 0 Å². The summed E-state index contributed by atoms with van der Waals surface area (Å²) >= 11 is 0. The Hall–Kier alpha value is -1.88. The van der Waals surface area contributed by atoms with Gasteiger partial charge in [0.05, 0.1) is 7.11 Å². The Morgan fingerprint density at radius 3 is 2.41 bits per heavy atom. The molecular weight excluding hydrogens is 294 g/mol. The average Bonchev–Trinajstić information content (AvgIpc) is 2.45. The maximum atomic E-state index is 12.0. The molecule has 22 heavy (non-hydrogen) atoms. The molecule has 0 aliphatic carbocycles. The van der Waals surface area contributed by atoms with Gasteiger partial charge in [-0.15, -0.1) is 0 Å². The van der Waals surface area contributed by atoms with Crippen LogP contribution in [0, 0.1) is 0 Å². The molecule has 0 aliphatic rings. The SMILES string of the molecule is COC(=O)C(Cc1ccccc1)NC(=O)C=CC[Si](C)(C)C. The lowest BCUT2D eigenvalue weighted by molar-refractivity contribution is -0.144. The molecule has 1 atom stereocenters. The van der Waals surface area contributed by atoms with Gasteiger partial charge in [0.1, 0.15) is 6.04 Å². The molecule has 0 aromatic heterocycles. The Morgan fingerprint density at radius 2 is 1.86 bits per heavy atom. The number of carbonyl (C=O) groups excluding carboxylic acids is 2. The molecule has 1 aromatic rings. The lowest BCUT2D eigenvalue weighted by Crippen LogP contribution is -2.42. The summed E-state index contributed by atoms with van der Waals surface area (Å²) in [6, 6.07) is 9.82. The summed E-state index contributed by atoms with van der Waals surface area (Å²) in [6.45, 7) is 6.71. The van der Waals surface area contributed by atoms with Gasteiger partial charge in [-0.05, 0) is 17.7 Å². The number of hydrogen-bond acceptors (Lipinski definition) is 3. The number of methoxy groups -OCH3 is 1. The smallest absolute Gasteiger partial charge is 0.328 e. The minimum Gasteiger partial charge on any atom is -0.467 e. The van der Waals surface area contributed by atoms with E-state index in [0.29, 0.717) is 6.42 Å². The highest BCUT2D eigenvalue weighted by Gasteiger charge is 2.21.